The van der Waals surface area contributed by atoms with Gasteiger partial charge in [0.1, 0.15) is 5.75 Å². The van der Waals surface area contributed by atoms with Crippen molar-refractivity contribution < 1.29 is 9.47 Å². The van der Waals surface area contributed by atoms with Gasteiger partial charge < -0.3 is 14.8 Å². The van der Waals surface area contributed by atoms with E-state index >= 15 is 0 Å². The third kappa shape index (κ3) is 4.76. The summed E-state index contributed by atoms with van der Waals surface area (Å²) < 4.78 is 12.5. The maximum Gasteiger partial charge on any atom is 0.137 e. The molecule has 1 aromatic carbocycles. The average Bonchev–Trinajstić information content (AvgIpc) is 2.90. The topological polar surface area (TPSA) is 30.5 Å². The fourth-order valence-corrected chi connectivity index (χ4v) is 2.79. The Kier molecular flexibility index (Phi) is 6.33. The lowest BCUT2D eigenvalue weighted by atomic mass is 10.1. The Morgan fingerprint density at radius 2 is 2.30 bits per heavy atom. The first-order valence-corrected chi connectivity index (χ1v) is 8.14. The second-order valence-electron chi connectivity index (χ2n) is 5.79. The van der Waals surface area contributed by atoms with Gasteiger partial charge in [-0.3, -0.25) is 0 Å². The number of nitrogens with one attached hydrogen (secondary N) is 1. The Morgan fingerprint density at radius 3 is 3.00 bits per heavy atom. The minimum Gasteiger partial charge on any atom is -0.492 e. The minimum atomic E-state index is 0.526. The van der Waals surface area contributed by atoms with Crippen molar-refractivity contribution in [1.82, 2.24) is 5.32 Å². The third-order valence-corrected chi connectivity index (χ3v) is 4.03. The number of hydrogen-bond acceptors (Lipinski definition) is 3. The van der Waals surface area contributed by atoms with Gasteiger partial charge in [-0.05, 0) is 40.9 Å². The van der Waals surface area contributed by atoms with Crippen LogP contribution in [0, 0.1) is 11.8 Å². The van der Waals surface area contributed by atoms with Gasteiger partial charge in [-0.1, -0.05) is 26.0 Å². The van der Waals surface area contributed by atoms with Crippen molar-refractivity contribution in [3.63, 3.8) is 0 Å². The molecule has 1 aromatic rings. The van der Waals surface area contributed by atoms with E-state index in [-0.39, 0.29) is 0 Å². The first-order chi connectivity index (χ1) is 9.66. The summed E-state index contributed by atoms with van der Waals surface area (Å²) >= 11 is 3.59. The lowest BCUT2D eigenvalue weighted by Gasteiger charge is -2.16. The van der Waals surface area contributed by atoms with E-state index in [4.69, 9.17) is 9.47 Å². The van der Waals surface area contributed by atoms with E-state index in [9.17, 15) is 0 Å². The van der Waals surface area contributed by atoms with E-state index in [1.807, 2.05) is 6.07 Å². The van der Waals surface area contributed by atoms with Crippen LogP contribution in [0.2, 0.25) is 0 Å². The summed E-state index contributed by atoms with van der Waals surface area (Å²) in [5.74, 6) is 2.15. The van der Waals surface area contributed by atoms with Crippen LogP contribution in [-0.4, -0.2) is 26.4 Å². The predicted molar refractivity (Wildman–Crippen MR) is 85.1 cm³/mol. The number of para-hydroxylation sites is 1. The summed E-state index contributed by atoms with van der Waals surface area (Å²) in [5.41, 5.74) is 1.21. The highest BCUT2D eigenvalue weighted by atomic mass is 79.9. The fourth-order valence-electron chi connectivity index (χ4n) is 2.27. The zero-order chi connectivity index (χ0) is 14.4. The van der Waals surface area contributed by atoms with Crippen molar-refractivity contribution in [1.29, 1.82) is 0 Å². The van der Waals surface area contributed by atoms with E-state index < -0.39 is 0 Å². The predicted octanol–water partition coefficient (Wildman–Crippen LogP) is 3.61. The minimum absolute atomic E-state index is 0.526. The van der Waals surface area contributed by atoms with Gasteiger partial charge in [-0.25, -0.2) is 0 Å². The first kappa shape index (κ1) is 15.8. The van der Waals surface area contributed by atoms with Crippen molar-refractivity contribution in [2.45, 2.75) is 26.8 Å². The van der Waals surface area contributed by atoms with Crippen molar-refractivity contribution in [2.75, 3.05) is 26.4 Å². The van der Waals surface area contributed by atoms with Gasteiger partial charge in [0.15, 0.2) is 0 Å². The average molecular weight is 342 g/mol. The van der Waals surface area contributed by atoms with Crippen molar-refractivity contribution in [3.05, 3.63) is 28.2 Å². The highest BCUT2D eigenvalue weighted by Gasteiger charge is 2.17. The molecule has 2 rings (SSSR count). The van der Waals surface area contributed by atoms with Crippen LogP contribution >= 0.6 is 15.9 Å². The summed E-state index contributed by atoms with van der Waals surface area (Å²) in [5, 5.41) is 3.47. The summed E-state index contributed by atoms with van der Waals surface area (Å²) in [6.45, 7) is 8.71. The number of ether oxygens (including phenoxy) is 2. The van der Waals surface area contributed by atoms with Crippen LogP contribution < -0.4 is 10.1 Å². The lowest BCUT2D eigenvalue weighted by Crippen LogP contribution is -2.20. The molecule has 1 aliphatic heterocycles. The smallest absolute Gasteiger partial charge is 0.137 e. The SMILES string of the molecule is CC(C)CNCc1cccc(Br)c1OCC1CCOC1. The van der Waals surface area contributed by atoms with Crippen LogP contribution in [0.25, 0.3) is 0 Å². The van der Waals surface area contributed by atoms with Gasteiger partial charge in [0, 0.05) is 24.6 Å². The van der Waals surface area contributed by atoms with E-state index in [2.05, 4.69) is 47.2 Å². The van der Waals surface area contributed by atoms with Gasteiger partial charge in [0.25, 0.3) is 0 Å². The summed E-state index contributed by atoms with van der Waals surface area (Å²) in [7, 11) is 0. The third-order valence-electron chi connectivity index (χ3n) is 3.40. The summed E-state index contributed by atoms with van der Waals surface area (Å²) in [6, 6.07) is 6.22. The van der Waals surface area contributed by atoms with E-state index in [1.165, 1.54) is 5.56 Å². The molecule has 0 spiro atoms. The maximum atomic E-state index is 6.04. The molecule has 0 aromatic heterocycles. The molecule has 112 valence electrons. The van der Waals surface area contributed by atoms with Crippen LogP contribution in [0.5, 0.6) is 5.75 Å². The maximum absolute atomic E-state index is 6.04. The second-order valence-corrected chi connectivity index (χ2v) is 6.65. The Bertz CT molecular complexity index is 417. The van der Waals surface area contributed by atoms with E-state index in [1.54, 1.807) is 0 Å². The van der Waals surface area contributed by atoms with Crippen LogP contribution in [0.3, 0.4) is 0 Å². The molecule has 1 saturated heterocycles. The molecule has 0 amide bonds. The molecule has 0 saturated carbocycles. The molecule has 1 atom stereocenters. The van der Waals surface area contributed by atoms with Crippen LogP contribution in [0.4, 0.5) is 0 Å². The first-order valence-electron chi connectivity index (χ1n) is 7.35. The summed E-state index contributed by atoms with van der Waals surface area (Å²) in [4.78, 5) is 0. The molecule has 1 N–H and O–H groups in total. The zero-order valence-corrected chi connectivity index (χ0v) is 13.9. The van der Waals surface area contributed by atoms with Gasteiger partial charge >= 0.3 is 0 Å². The molecular weight excluding hydrogens is 318 g/mol. The monoisotopic (exact) mass is 341 g/mol. The quantitative estimate of drug-likeness (QED) is 0.821. The molecule has 1 aliphatic rings. The van der Waals surface area contributed by atoms with Crippen molar-refractivity contribution >= 4 is 15.9 Å². The number of hydrogen-bond donors (Lipinski definition) is 1. The fraction of sp³-hybridized carbons (Fsp3) is 0.625. The molecule has 1 heterocycles. The molecule has 4 heteroatoms. The van der Waals surface area contributed by atoms with Crippen LogP contribution in [-0.2, 0) is 11.3 Å². The zero-order valence-electron chi connectivity index (χ0n) is 12.3. The largest absolute Gasteiger partial charge is 0.492 e. The molecule has 20 heavy (non-hydrogen) atoms. The normalized spacial score (nSPS) is 18.7. The number of halogens is 1. The molecule has 3 nitrogen and oxygen atoms in total. The molecule has 0 bridgehead atoms. The van der Waals surface area contributed by atoms with Gasteiger partial charge in [0.05, 0.1) is 17.7 Å². The second kappa shape index (κ2) is 8.01. The van der Waals surface area contributed by atoms with E-state index in [0.29, 0.717) is 11.8 Å². The van der Waals surface area contributed by atoms with Crippen molar-refractivity contribution in [2.24, 2.45) is 11.8 Å². The molecule has 1 fully saturated rings. The van der Waals surface area contributed by atoms with Crippen LogP contribution in [0.15, 0.2) is 22.7 Å². The molecule has 0 aliphatic carbocycles. The lowest BCUT2D eigenvalue weighted by molar-refractivity contribution is 0.166. The molecule has 1 unspecified atom stereocenters. The molecular formula is C16H24BrNO2. The Labute approximate surface area is 130 Å². The number of rotatable bonds is 7. The van der Waals surface area contributed by atoms with Gasteiger partial charge in [-0.15, -0.1) is 0 Å². The number of benzene rings is 1. The Morgan fingerprint density at radius 1 is 1.45 bits per heavy atom. The Balaban J connectivity index is 1.94. The highest BCUT2D eigenvalue weighted by molar-refractivity contribution is 9.10. The summed E-state index contributed by atoms with van der Waals surface area (Å²) in [6.07, 6.45) is 1.10. The van der Waals surface area contributed by atoms with Gasteiger partial charge in [-0.2, -0.15) is 0 Å². The standard InChI is InChI=1S/C16H24BrNO2/c1-12(2)8-18-9-14-4-3-5-15(17)16(14)20-11-13-6-7-19-10-13/h3-5,12-13,18H,6-11H2,1-2H3. The Hall–Kier alpha value is -0.580. The molecule has 0 radical (unpaired) electrons. The van der Waals surface area contributed by atoms with Crippen LogP contribution in [0.1, 0.15) is 25.8 Å². The van der Waals surface area contributed by atoms with Crippen molar-refractivity contribution in [3.8, 4) is 5.75 Å². The van der Waals surface area contributed by atoms with E-state index in [0.717, 1.165) is 49.6 Å². The van der Waals surface area contributed by atoms with Gasteiger partial charge in [0.2, 0.25) is 0 Å². The highest BCUT2D eigenvalue weighted by Crippen LogP contribution is 2.30.